The second-order valence-electron chi connectivity index (χ2n) is 12.6. The van der Waals surface area contributed by atoms with E-state index in [-0.39, 0.29) is 27.7 Å². The van der Waals surface area contributed by atoms with Crippen molar-refractivity contribution in [1.82, 2.24) is 0 Å². The molecule has 3 nitrogen and oxygen atoms in total. The minimum absolute atomic E-state index is 0.211. The van der Waals surface area contributed by atoms with Crippen molar-refractivity contribution >= 4 is 21.0 Å². The fourth-order valence-corrected chi connectivity index (χ4v) is 6.94. The predicted octanol–water partition coefficient (Wildman–Crippen LogP) is 8.39. The molecule has 3 rings (SSSR count). The van der Waals surface area contributed by atoms with E-state index < -0.39 is 17.9 Å². The van der Waals surface area contributed by atoms with Gasteiger partial charge in [-0.3, -0.25) is 0 Å². The van der Waals surface area contributed by atoms with Gasteiger partial charge in [0.2, 0.25) is 0 Å². The number of benzene rings is 3. The molecule has 3 aromatic carbocycles. The third-order valence-corrected chi connectivity index (χ3v) is 11.0. The molecule has 0 atom stereocenters. The Morgan fingerprint density at radius 3 is 1.32 bits per heavy atom. The Hall–Kier alpha value is -2.13. The Morgan fingerprint density at radius 1 is 0.649 bits per heavy atom. The van der Waals surface area contributed by atoms with Crippen LogP contribution in [0.1, 0.15) is 79.0 Å². The summed E-state index contributed by atoms with van der Waals surface area (Å²) < 4.78 is 13.4. The normalized spacial score (nSPS) is 12.2. The van der Waals surface area contributed by atoms with E-state index in [0.29, 0.717) is 16.0 Å². The number of thiocarbonyl (C=S) groups is 1. The summed E-state index contributed by atoms with van der Waals surface area (Å²) >= 11 is 3.98. The van der Waals surface area contributed by atoms with Gasteiger partial charge in [-0.15, -0.1) is 0 Å². The average molecular weight is 687 g/mol. The molecule has 0 radical (unpaired) electrons. The van der Waals surface area contributed by atoms with Crippen LogP contribution >= 0.6 is 12.2 Å². The second-order valence-corrected chi connectivity index (χ2v) is 15.1. The van der Waals surface area contributed by atoms with Crippen LogP contribution in [0.25, 0.3) is 22.3 Å². The molecule has 37 heavy (non-hydrogen) atoms. The van der Waals surface area contributed by atoms with Crippen LogP contribution in [0.5, 0.6) is 11.5 Å². The van der Waals surface area contributed by atoms with Gasteiger partial charge in [0.05, 0.1) is 0 Å². The van der Waals surface area contributed by atoms with Crippen LogP contribution in [0.3, 0.4) is 0 Å². The molecule has 3 aromatic rings. The van der Waals surface area contributed by atoms with Gasteiger partial charge < -0.3 is 0 Å². The first-order valence-corrected chi connectivity index (χ1v) is 15.6. The third-order valence-electron chi connectivity index (χ3n) is 6.53. The van der Waals surface area contributed by atoms with Gasteiger partial charge in [0.25, 0.3) is 0 Å². The zero-order valence-electron chi connectivity index (χ0n) is 23.3. The Balaban J connectivity index is 2.49. The number of para-hydroxylation sites is 2. The fraction of sp³-hybridized carbons (Fsp3) is 0.375. The van der Waals surface area contributed by atoms with Gasteiger partial charge in [-0.25, -0.2) is 0 Å². The molecule has 0 heterocycles. The second kappa shape index (κ2) is 10.6. The number of phenolic OH excluding ortho intramolecular Hbond substituents is 2. The first-order chi connectivity index (χ1) is 17.0. The molecular formula is C32H38O3SW+. The van der Waals surface area contributed by atoms with E-state index in [0.717, 1.165) is 31.7 Å². The summed E-state index contributed by atoms with van der Waals surface area (Å²) in [6.07, 6.45) is 0. The Kier molecular flexibility index (Phi) is 8.40. The van der Waals surface area contributed by atoms with E-state index in [1.807, 2.05) is 75.4 Å². The summed E-state index contributed by atoms with van der Waals surface area (Å²) in [5, 5.41) is 22.9. The molecule has 5 heteroatoms. The van der Waals surface area contributed by atoms with Crippen LogP contribution in [-0.4, -0.2) is 19.0 Å². The van der Waals surface area contributed by atoms with E-state index in [4.69, 9.17) is 12.2 Å². The summed E-state index contributed by atoms with van der Waals surface area (Å²) in [5.74, 6) is 0.422. The summed E-state index contributed by atoms with van der Waals surface area (Å²) in [6.45, 7) is 18.5. The van der Waals surface area contributed by atoms with Gasteiger partial charge in [-0.05, 0) is 0 Å². The van der Waals surface area contributed by atoms with E-state index in [9.17, 15) is 13.4 Å². The SMILES string of the molecule is CC(C)(C)[C](=[W]#[O+])C(=S)c1c(-c2cccc(C(C)(C)C)c2O)cccc1-c1cccc(C(C)(C)C)c1O. The quantitative estimate of drug-likeness (QED) is 0.165. The fourth-order valence-electron chi connectivity index (χ4n) is 4.59. The molecule has 0 bridgehead atoms. The van der Waals surface area contributed by atoms with Crippen molar-refractivity contribution in [1.29, 1.82) is 0 Å². The number of phenols is 2. The van der Waals surface area contributed by atoms with Crippen molar-refractivity contribution < 1.29 is 31.3 Å². The minimum atomic E-state index is -2.12. The topological polar surface area (TPSA) is 60.4 Å². The molecular weight excluding hydrogens is 648 g/mol. The number of hydrogen-bond acceptors (Lipinski definition) is 3. The zero-order chi connectivity index (χ0) is 27.9. The van der Waals surface area contributed by atoms with Gasteiger partial charge in [0.1, 0.15) is 0 Å². The maximum atomic E-state index is 12.6. The van der Waals surface area contributed by atoms with Crippen molar-refractivity contribution in [2.75, 3.05) is 0 Å². The Labute approximate surface area is 235 Å². The summed E-state index contributed by atoms with van der Waals surface area (Å²) in [4.78, 5) is 0.541. The van der Waals surface area contributed by atoms with Crippen molar-refractivity contribution in [2.24, 2.45) is 5.41 Å². The monoisotopic (exact) mass is 686 g/mol. The van der Waals surface area contributed by atoms with Crippen LogP contribution in [0.2, 0.25) is 0 Å². The molecule has 0 unspecified atom stereocenters. The van der Waals surface area contributed by atoms with E-state index >= 15 is 0 Å². The summed E-state index contributed by atoms with van der Waals surface area (Å²) in [6, 6.07) is 17.4. The van der Waals surface area contributed by atoms with Crippen LogP contribution in [0.15, 0.2) is 54.6 Å². The molecule has 0 aromatic heterocycles. The Bertz CT molecular complexity index is 1380. The van der Waals surface area contributed by atoms with Gasteiger partial charge in [-0.1, -0.05) is 0 Å². The van der Waals surface area contributed by atoms with Gasteiger partial charge in [0, 0.05) is 0 Å². The Morgan fingerprint density at radius 2 is 1.00 bits per heavy atom. The molecule has 195 valence electrons. The standard InChI is InChI=1S/C32H38O2S.O.W/c1-30(2,3)19-26(35)27-20(22-15-11-17-24(28(22)33)31(4,5)6)13-10-14-21(27)23-16-12-18-25(29(23)34)32(7,8)9;;/h10-18,33-34H,1-9H3;;/q;+1;. The molecule has 0 spiro atoms. The summed E-state index contributed by atoms with van der Waals surface area (Å²) in [5.41, 5.74) is 4.38. The van der Waals surface area contributed by atoms with Crippen LogP contribution in [0, 0.1) is 5.41 Å². The molecule has 0 aliphatic heterocycles. The first kappa shape index (κ1) is 29.4. The molecule has 2 N–H and O–H groups in total. The zero-order valence-corrected chi connectivity index (χ0v) is 27.1. The van der Waals surface area contributed by atoms with E-state index in [2.05, 4.69) is 41.5 Å². The van der Waals surface area contributed by atoms with Crippen LogP contribution in [-0.2, 0) is 31.9 Å². The van der Waals surface area contributed by atoms with Crippen LogP contribution in [0.4, 0.5) is 0 Å². The average Bonchev–Trinajstić information content (AvgIpc) is 2.76. The molecule has 0 aliphatic carbocycles. The van der Waals surface area contributed by atoms with E-state index in [1.165, 1.54) is 0 Å². The number of aromatic hydroxyl groups is 2. The predicted molar refractivity (Wildman–Crippen MR) is 155 cm³/mol. The third kappa shape index (κ3) is 5.98. The summed E-state index contributed by atoms with van der Waals surface area (Å²) in [7, 11) is 0. The number of rotatable bonds is 4. The van der Waals surface area contributed by atoms with Crippen LogP contribution < -0.4 is 0 Å². The molecule has 0 saturated heterocycles. The van der Waals surface area contributed by atoms with Crippen molar-refractivity contribution in [3.8, 4) is 33.8 Å². The molecule has 0 saturated carbocycles. The molecule has 0 fully saturated rings. The van der Waals surface area contributed by atoms with Crippen molar-refractivity contribution in [2.45, 2.75) is 73.1 Å². The van der Waals surface area contributed by atoms with E-state index in [1.54, 1.807) is 0 Å². The van der Waals surface area contributed by atoms with Gasteiger partial charge >= 0.3 is 236 Å². The number of hydrogen-bond donors (Lipinski definition) is 2. The van der Waals surface area contributed by atoms with Crippen molar-refractivity contribution in [3.05, 3.63) is 71.3 Å². The van der Waals surface area contributed by atoms with Gasteiger partial charge in [-0.2, -0.15) is 0 Å². The van der Waals surface area contributed by atoms with Crippen molar-refractivity contribution in [3.63, 3.8) is 0 Å². The first-order valence-electron chi connectivity index (χ1n) is 12.5. The maximum absolute atomic E-state index is 12.6. The molecule has 0 aliphatic rings. The molecule has 0 amide bonds. The van der Waals surface area contributed by atoms with Gasteiger partial charge in [0.15, 0.2) is 0 Å².